The Labute approximate surface area is 206 Å². The molecule has 2 aliphatic rings. The fraction of sp³-hybridized carbons (Fsp3) is 0.481. The van der Waals surface area contributed by atoms with Crippen LogP contribution >= 0.6 is 11.6 Å². The van der Waals surface area contributed by atoms with E-state index in [9.17, 15) is 9.59 Å². The molecule has 1 aliphatic heterocycles. The molecule has 7 heteroatoms. The second-order valence-electron chi connectivity index (χ2n) is 8.97. The van der Waals surface area contributed by atoms with Gasteiger partial charge in [-0.25, -0.2) is 0 Å². The van der Waals surface area contributed by atoms with E-state index in [1.807, 2.05) is 48.2 Å². The van der Waals surface area contributed by atoms with E-state index >= 15 is 0 Å². The molecule has 182 valence electrons. The fourth-order valence-corrected chi connectivity index (χ4v) is 5.26. The molecule has 6 nitrogen and oxygen atoms in total. The van der Waals surface area contributed by atoms with Crippen LogP contribution in [-0.4, -0.2) is 47.9 Å². The van der Waals surface area contributed by atoms with Crippen LogP contribution in [-0.2, 0) is 16.1 Å². The third-order valence-electron chi connectivity index (χ3n) is 6.82. The number of carbonyl (C=O) groups is 2. The summed E-state index contributed by atoms with van der Waals surface area (Å²) in [6.45, 7) is 2.79. The van der Waals surface area contributed by atoms with Gasteiger partial charge in [-0.15, -0.1) is 0 Å². The molecule has 34 heavy (non-hydrogen) atoms. The monoisotopic (exact) mass is 484 g/mol. The molecule has 2 amide bonds. The molecule has 2 aromatic carbocycles. The Morgan fingerprint density at radius 3 is 2.41 bits per heavy atom. The summed E-state index contributed by atoms with van der Waals surface area (Å²) in [5.41, 5.74) is 1.53. The first-order valence-corrected chi connectivity index (χ1v) is 12.5. The lowest BCUT2D eigenvalue weighted by atomic mass is 9.96. The van der Waals surface area contributed by atoms with E-state index in [1.54, 1.807) is 18.1 Å². The van der Waals surface area contributed by atoms with Crippen molar-refractivity contribution in [3.63, 3.8) is 0 Å². The average Bonchev–Trinajstić information content (AvgIpc) is 3.13. The van der Waals surface area contributed by atoms with E-state index in [2.05, 4.69) is 0 Å². The Bertz CT molecular complexity index is 1020. The van der Waals surface area contributed by atoms with Crippen molar-refractivity contribution in [2.24, 2.45) is 0 Å². The third-order valence-corrected chi connectivity index (χ3v) is 7.19. The third kappa shape index (κ3) is 5.17. The number of ether oxygens (including phenoxy) is 2. The zero-order chi connectivity index (χ0) is 24.1. The quantitative estimate of drug-likeness (QED) is 0.495. The van der Waals surface area contributed by atoms with Crippen molar-refractivity contribution in [1.82, 2.24) is 9.80 Å². The first-order chi connectivity index (χ1) is 16.5. The van der Waals surface area contributed by atoms with Crippen molar-refractivity contribution in [1.29, 1.82) is 0 Å². The minimum atomic E-state index is -0.745. The van der Waals surface area contributed by atoms with Gasteiger partial charge in [-0.1, -0.05) is 61.5 Å². The van der Waals surface area contributed by atoms with E-state index < -0.39 is 6.04 Å². The number of hydrogen-bond acceptors (Lipinski definition) is 4. The van der Waals surface area contributed by atoms with Crippen LogP contribution in [0, 0.1) is 0 Å². The molecule has 1 saturated carbocycles. The number of hydrogen-bond donors (Lipinski definition) is 0. The number of rotatable bonds is 7. The summed E-state index contributed by atoms with van der Waals surface area (Å²) >= 11 is 6.42. The molecule has 0 N–H and O–H groups in total. The van der Waals surface area contributed by atoms with Crippen LogP contribution in [0.25, 0.3) is 0 Å². The largest absolute Gasteiger partial charge is 0.493 e. The molecule has 0 spiro atoms. The number of benzene rings is 2. The first kappa shape index (κ1) is 24.4. The van der Waals surface area contributed by atoms with Crippen molar-refractivity contribution in [2.45, 2.75) is 64.1 Å². The van der Waals surface area contributed by atoms with Crippen LogP contribution in [0.15, 0.2) is 42.5 Å². The van der Waals surface area contributed by atoms with Crippen molar-refractivity contribution < 1.29 is 19.1 Å². The summed E-state index contributed by atoms with van der Waals surface area (Å²) in [6.07, 6.45) is 6.45. The molecule has 1 atom stereocenters. The maximum absolute atomic E-state index is 14.0. The summed E-state index contributed by atoms with van der Waals surface area (Å²) in [6, 6.07) is 12.3. The number of halogens is 1. The smallest absolute Gasteiger partial charge is 0.250 e. The van der Waals surface area contributed by atoms with Crippen LogP contribution in [0.4, 0.5) is 0 Å². The average molecular weight is 485 g/mol. The van der Waals surface area contributed by atoms with Gasteiger partial charge in [0.2, 0.25) is 5.91 Å². The molecule has 0 aromatic heterocycles. The van der Waals surface area contributed by atoms with Gasteiger partial charge in [-0.3, -0.25) is 9.59 Å². The molecular weight excluding hydrogens is 452 g/mol. The van der Waals surface area contributed by atoms with E-state index in [0.717, 1.165) is 31.2 Å². The van der Waals surface area contributed by atoms with Crippen LogP contribution in [0.5, 0.6) is 11.5 Å². The lowest BCUT2D eigenvalue weighted by Gasteiger charge is -2.43. The Kier molecular flexibility index (Phi) is 7.99. The zero-order valence-electron chi connectivity index (χ0n) is 20.0. The molecule has 1 heterocycles. The van der Waals surface area contributed by atoms with E-state index in [0.29, 0.717) is 28.7 Å². The molecular formula is C27H33ClN2O4. The van der Waals surface area contributed by atoms with E-state index in [-0.39, 0.29) is 30.9 Å². The van der Waals surface area contributed by atoms with Gasteiger partial charge in [0, 0.05) is 17.6 Å². The molecule has 4 rings (SSSR count). The van der Waals surface area contributed by atoms with Crippen LogP contribution in [0.1, 0.15) is 62.6 Å². The number of methoxy groups -OCH3 is 1. The molecule has 2 fully saturated rings. The van der Waals surface area contributed by atoms with Gasteiger partial charge in [0.25, 0.3) is 5.91 Å². The van der Waals surface area contributed by atoms with Gasteiger partial charge in [0.15, 0.2) is 11.5 Å². The van der Waals surface area contributed by atoms with Gasteiger partial charge >= 0.3 is 0 Å². The lowest BCUT2D eigenvalue weighted by molar-refractivity contribution is -0.159. The van der Waals surface area contributed by atoms with Crippen molar-refractivity contribution >= 4 is 23.4 Å². The van der Waals surface area contributed by atoms with E-state index in [4.69, 9.17) is 21.1 Å². The Hall–Kier alpha value is -2.73. The highest BCUT2D eigenvalue weighted by molar-refractivity contribution is 6.31. The maximum atomic E-state index is 14.0. The van der Waals surface area contributed by atoms with Crippen LogP contribution < -0.4 is 9.47 Å². The Balaban J connectivity index is 1.72. The summed E-state index contributed by atoms with van der Waals surface area (Å²) < 4.78 is 11.2. The van der Waals surface area contributed by atoms with Gasteiger partial charge in [0.1, 0.15) is 12.6 Å². The molecule has 1 saturated heterocycles. The molecule has 0 bridgehead atoms. The number of carbonyl (C=O) groups excluding carboxylic acids is 2. The minimum Gasteiger partial charge on any atom is -0.493 e. The highest BCUT2D eigenvalue weighted by atomic mass is 35.5. The second kappa shape index (κ2) is 11.1. The summed E-state index contributed by atoms with van der Waals surface area (Å²) in [5.74, 6) is 1.05. The molecule has 2 aromatic rings. The molecule has 0 radical (unpaired) electrons. The van der Waals surface area contributed by atoms with Crippen LogP contribution in [0.3, 0.4) is 0 Å². The SMILES string of the molecule is CCOc1ccc([C@H]2C(=O)N(C3CCCCCC3)CC(=O)N2Cc2ccccc2Cl)cc1OC. The van der Waals surface area contributed by atoms with Crippen LogP contribution in [0.2, 0.25) is 5.02 Å². The first-order valence-electron chi connectivity index (χ1n) is 12.2. The standard InChI is InChI=1S/C27H33ClN2O4/c1-3-34-23-15-14-19(16-24(23)33-2)26-27(32)29(21-11-6-4-5-7-12-21)18-25(31)30(26)17-20-10-8-9-13-22(20)28/h8-10,13-16,21,26H,3-7,11-12,17-18H2,1-2H3/t26-/m0/s1. The van der Waals surface area contributed by atoms with Crippen molar-refractivity contribution in [3.05, 3.63) is 58.6 Å². The summed E-state index contributed by atoms with van der Waals surface area (Å²) in [5, 5.41) is 0.581. The normalized spacial score (nSPS) is 19.8. The summed E-state index contributed by atoms with van der Waals surface area (Å²) in [4.78, 5) is 31.0. The topological polar surface area (TPSA) is 59.1 Å². The second-order valence-corrected chi connectivity index (χ2v) is 9.38. The Morgan fingerprint density at radius 1 is 1.00 bits per heavy atom. The molecule has 1 aliphatic carbocycles. The predicted octanol–water partition coefficient (Wildman–Crippen LogP) is 5.38. The fourth-order valence-electron chi connectivity index (χ4n) is 5.07. The highest BCUT2D eigenvalue weighted by Crippen LogP contribution is 2.37. The number of piperazine rings is 1. The Morgan fingerprint density at radius 2 is 1.74 bits per heavy atom. The van der Waals surface area contributed by atoms with Gasteiger partial charge in [-0.2, -0.15) is 0 Å². The van der Waals surface area contributed by atoms with Gasteiger partial charge in [0.05, 0.1) is 13.7 Å². The zero-order valence-corrected chi connectivity index (χ0v) is 20.7. The molecule has 0 unspecified atom stereocenters. The lowest BCUT2D eigenvalue weighted by Crippen LogP contribution is -2.57. The summed E-state index contributed by atoms with van der Waals surface area (Å²) in [7, 11) is 1.58. The highest BCUT2D eigenvalue weighted by Gasteiger charge is 2.43. The van der Waals surface area contributed by atoms with Crippen molar-refractivity contribution in [2.75, 3.05) is 20.3 Å². The minimum absolute atomic E-state index is 0.0373. The number of amides is 2. The number of nitrogens with zero attached hydrogens (tertiary/aromatic N) is 2. The predicted molar refractivity (Wildman–Crippen MR) is 132 cm³/mol. The van der Waals surface area contributed by atoms with Gasteiger partial charge in [-0.05, 0) is 49.1 Å². The van der Waals surface area contributed by atoms with Gasteiger partial charge < -0.3 is 19.3 Å². The maximum Gasteiger partial charge on any atom is 0.250 e. The van der Waals surface area contributed by atoms with E-state index in [1.165, 1.54) is 12.8 Å². The van der Waals surface area contributed by atoms with Crippen molar-refractivity contribution in [3.8, 4) is 11.5 Å².